The maximum absolute atomic E-state index is 12.2. The molecule has 6 heteroatoms. The second-order valence-electron chi connectivity index (χ2n) is 5.93. The third-order valence-electron chi connectivity index (χ3n) is 4.23. The van der Waals surface area contributed by atoms with Crippen LogP contribution in [0.15, 0.2) is 11.0 Å². The van der Waals surface area contributed by atoms with Crippen molar-refractivity contribution in [2.75, 3.05) is 13.2 Å². The summed E-state index contributed by atoms with van der Waals surface area (Å²) >= 11 is 0. The average molecular weight is 290 g/mol. The van der Waals surface area contributed by atoms with E-state index in [1.807, 2.05) is 4.68 Å². The van der Waals surface area contributed by atoms with Crippen molar-refractivity contribution in [1.29, 1.82) is 0 Å². The Morgan fingerprint density at radius 3 is 3.14 bits per heavy atom. The molecule has 0 radical (unpaired) electrons. The molecule has 1 saturated heterocycles. The second kappa shape index (κ2) is 5.97. The topological polar surface area (TPSA) is 72.8 Å². The van der Waals surface area contributed by atoms with E-state index in [0.717, 1.165) is 38.1 Å². The van der Waals surface area contributed by atoms with Crippen molar-refractivity contribution in [3.05, 3.63) is 22.4 Å². The number of hydrogen-bond acceptors (Lipinski definition) is 4. The molecule has 21 heavy (non-hydrogen) atoms. The minimum atomic E-state index is -0.0960. The summed E-state index contributed by atoms with van der Waals surface area (Å²) in [4.78, 5) is 19.7. The van der Waals surface area contributed by atoms with Crippen LogP contribution in [0.1, 0.15) is 45.0 Å². The highest BCUT2D eigenvalue weighted by Crippen LogP contribution is 2.22. The summed E-state index contributed by atoms with van der Waals surface area (Å²) in [5, 5.41) is 4.94. The normalized spacial score (nSPS) is 20.8. The molecule has 6 nitrogen and oxygen atoms in total. The fourth-order valence-corrected chi connectivity index (χ4v) is 2.74. The van der Waals surface area contributed by atoms with E-state index in [9.17, 15) is 4.79 Å². The van der Waals surface area contributed by atoms with Gasteiger partial charge in [0.1, 0.15) is 11.2 Å². The highest BCUT2D eigenvalue weighted by molar-refractivity contribution is 5.73. The molecule has 0 bridgehead atoms. The van der Waals surface area contributed by atoms with Crippen LogP contribution in [0.2, 0.25) is 0 Å². The van der Waals surface area contributed by atoms with Gasteiger partial charge in [-0.25, -0.2) is 9.67 Å². The molecule has 3 heterocycles. The second-order valence-corrected chi connectivity index (χ2v) is 5.93. The predicted octanol–water partition coefficient (Wildman–Crippen LogP) is 2.06. The van der Waals surface area contributed by atoms with E-state index in [1.165, 1.54) is 0 Å². The lowest BCUT2D eigenvalue weighted by molar-refractivity contribution is 0.0563. The van der Waals surface area contributed by atoms with Crippen LogP contribution in [0.25, 0.3) is 11.0 Å². The lowest BCUT2D eigenvalue weighted by atomic mass is 10.1. The van der Waals surface area contributed by atoms with Crippen LogP contribution in [0.4, 0.5) is 0 Å². The molecule has 1 unspecified atom stereocenters. The number of rotatable bonds is 4. The fraction of sp³-hybridized carbons (Fsp3) is 0.667. The maximum atomic E-state index is 12.2. The first kappa shape index (κ1) is 14.3. The first-order valence-corrected chi connectivity index (χ1v) is 7.73. The minimum absolute atomic E-state index is 0.0960. The molecule has 0 amide bonds. The monoisotopic (exact) mass is 290 g/mol. The number of H-pyrrole nitrogens is 1. The number of aromatic amines is 1. The van der Waals surface area contributed by atoms with Gasteiger partial charge in [-0.2, -0.15) is 5.10 Å². The zero-order chi connectivity index (χ0) is 14.8. The highest BCUT2D eigenvalue weighted by Gasteiger charge is 2.20. The number of fused-ring (bicyclic) bond motifs is 1. The van der Waals surface area contributed by atoms with Gasteiger partial charge in [0.15, 0.2) is 5.65 Å². The lowest BCUT2D eigenvalue weighted by Gasteiger charge is -2.22. The largest absolute Gasteiger partial charge is 0.379 e. The smallest absolute Gasteiger partial charge is 0.262 e. The van der Waals surface area contributed by atoms with E-state index in [1.54, 1.807) is 6.20 Å². The highest BCUT2D eigenvalue weighted by atomic mass is 16.5. The van der Waals surface area contributed by atoms with Crippen molar-refractivity contribution >= 4 is 11.0 Å². The molecular weight excluding hydrogens is 268 g/mol. The molecule has 1 aliphatic rings. The Balaban J connectivity index is 2.00. The first-order valence-electron chi connectivity index (χ1n) is 7.73. The summed E-state index contributed by atoms with van der Waals surface area (Å²) in [5.74, 6) is 1.25. The van der Waals surface area contributed by atoms with E-state index in [-0.39, 0.29) is 11.6 Å². The SMILES string of the molecule is CC[C@H](C)Cc1nc2c(cnn2C2CCCOC2)c(=O)[nH]1. The third kappa shape index (κ3) is 2.85. The Bertz CT molecular complexity index is 670. The Kier molecular flexibility index (Phi) is 4.05. The molecule has 2 atom stereocenters. The van der Waals surface area contributed by atoms with Gasteiger partial charge in [-0.3, -0.25) is 4.79 Å². The summed E-state index contributed by atoms with van der Waals surface area (Å²) in [5.41, 5.74) is 0.592. The number of aromatic nitrogens is 4. The first-order chi connectivity index (χ1) is 10.2. The molecule has 0 saturated carbocycles. The zero-order valence-electron chi connectivity index (χ0n) is 12.6. The number of nitrogens with one attached hydrogen (secondary N) is 1. The van der Waals surface area contributed by atoms with Gasteiger partial charge < -0.3 is 9.72 Å². The molecule has 3 rings (SSSR count). The van der Waals surface area contributed by atoms with E-state index in [0.29, 0.717) is 23.6 Å². The molecule has 0 aliphatic carbocycles. The number of hydrogen-bond donors (Lipinski definition) is 1. The molecule has 1 N–H and O–H groups in total. The summed E-state index contributed by atoms with van der Waals surface area (Å²) < 4.78 is 7.39. The Morgan fingerprint density at radius 1 is 1.57 bits per heavy atom. The lowest BCUT2D eigenvalue weighted by Crippen LogP contribution is -2.23. The van der Waals surface area contributed by atoms with Crippen molar-refractivity contribution in [2.45, 2.75) is 45.6 Å². The Morgan fingerprint density at radius 2 is 2.43 bits per heavy atom. The summed E-state index contributed by atoms with van der Waals surface area (Å²) in [6.07, 6.45) is 5.51. The van der Waals surface area contributed by atoms with Gasteiger partial charge in [0, 0.05) is 13.0 Å². The van der Waals surface area contributed by atoms with Crippen molar-refractivity contribution in [1.82, 2.24) is 19.7 Å². The molecule has 0 aromatic carbocycles. The number of nitrogens with zero attached hydrogens (tertiary/aromatic N) is 3. The van der Waals surface area contributed by atoms with Crippen LogP contribution >= 0.6 is 0 Å². The molecule has 2 aromatic rings. The summed E-state index contributed by atoms with van der Waals surface area (Å²) in [7, 11) is 0. The predicted molar refractivity (Wildman–Crippen MR) is 80.4 cm³/mol. The fourth-order valence-electron chi connectivity index (χ4n) is 2.74. The van der Waals surface area contributed by atoms with Gasteiger partial charge in [-0.1, -0.05) is 20.3 Å². The molecule has 1 aliphatic heterocycles. The van der Waals surface area contributed by atoms with E-state index in [2.05, 4.69) is 28.9 Å². The van der Waals surface area contributed by atoms with Gasteiger partial charge in [0.2, 0.25) is 0 Å². The third-order valence-corrected chi connectivity index (χ3v) is 4.23. The minimum Gasteiger partial charge on any atom is -0.379 e. The van der Waals surface area contributed by atoms with E-state index >= 15 is 0 Å². The van der Waals surface area contributed by atoms with Crippen molar-refractivity contribution in [3.63, 3.8) is 0 Å². The van der Waals surface area contributed by atoms with Crippen LogP contribution in [-0.2, 0) is 11.2 Å². The van der Waals surface area contributed by atoms with E-state index in [4.69, 9.17) is 4.74 Å². The van der Waals surface area contributed by atoms with Gasteiger partial charge in [0.25, 0.3) is 5.56 Å². The number of ether oxygens (including phenoxy) is 1. The van der Waals surface area contributed by atoms with Gasteiger partial charge in [0.05, 0.1) is 18.8 Å². The molecule has 0 spiro atoms. The Hall–Kier alpha value is -1.69. The van der Waals surface area contributed by atoms with Crippen molar-refractivity contribution in [2.24, 2.45) is 5.92 Å². The molecule has 114 valence electrons. The standard InChI is InChI=1S/C15H22N4O2/c1-3-10(2)7-13-17-14-12(15(20)18-13)8-16-19(14)11-5-4-6-21-9-11/h8,10-11H,3-7,9H2,1-2H3,(H,17,18,20)/t10-,11?/m0/s1. The summed E-state index contributed by atoms with van der Waals surface area (Å²) in [6.45, 7) is 5.76. The molecule has 2 aromatic heterocycles. The van der Waals surface area contributed by atoms with Crippen LogP contribution in [0.5, 0.6) is 0 Å². The summed E-state index contributed by atoms with van der Waals surface area (Å²) in [6, 6.07) is 0.182. The molecular formula is C15H22N4O2. The zero-order valence-corrected chi connectivity index (χ0v) is 12.6. The van der Waals surface area contributed by atoms with Crippen molar-refractivity contribution < 1.29 is 4.74 Å². The van der Waals surface area contributed by atoms with Crippen LogP contribution in [0, 0.1) is 5.92 Å². The van der Waals surface area contributed by atoms with Gasteiger partial charge in [-0.05, 0) is 18.8 Å². The van der Waals surface area contributed by atoms with Crippen LogP contribution in [-0.4, -0.2) is 33.0 Å². The van der Waals surface area contributed by atoms with Crippen molar-refractivity contribution in [3.8, 4) is 0 Å². The van der Waals surface area contributed by atoms with Crippen LogP contribution < -0.4 is 5.56 Å². The van der Waals surface area contributed by atoms with Crippen LogP contribution in [0.3, 0.4) is 0 Å². The van der Waals surface area contributed by atoms with Gasteiger partial charge >= 0.3 is 0 Å². The van der Waals surface area contributed by atoms with Gasteiger partial charge in [-0.15, -0.1) is 0 Å². The van der Waals surface area contributed by atoms with E-state index < -0.39 is 0 Å². The maximum Gasteiger partial charge on any atom is 0.262 e. The quantitative estimate of drug-likeness (QED) is 0.935. The average Bonchev–Trinajstić information content (AvgIpc) is 2.92. The Labute approximate surface area is 123 Å². The molecule has 1 fully saturated rings.